The second-order valence-corrected chi connectivity index (χ2v) is 7.01. The summed E-state index contributed by atoms with van der Waals surface area (Å²) in [5.74, 6) is 0.153. The van der Waals surface area contributed by atoms with E-state index in [1.807, 2.05) is 24.0 Å². The first kappa shape index (κ1) is 14.6. The van der Waals surface area contributed by atoms with Crippen LogP contribution >= 0.6 is 0 Å². The Morgan fingerprint density at radius 2 is 2.00 bits per heavy atom. The molecule has 2 aromatic rings. The van der Waals surface area contributed by atoms with E-state index in [0.717, 1.165) is 47.2 Å². The van der Waals surface area contributed by atoms with Gasteiger partial charge in [-0.2, -0.15) is 0 Å². The molecule has 2 atom stereocenters. The molecule has 4 rings (SSSR count). The van der Waals surface area contributed by atoms with E-state index in [9.17, 15) is 4.79 Å². The average Bonchev–Trinajstić information content (AvgIpc) is 2.85. The van der Waals surface area contributed by atoms with Crippen LogP contribution in [0.4, 0.5) is 0 Å². The molecule has 0 radical (unpaired) electrons. The highest BCUT2D eigenvalue weighted by molar-refractivity contribution is 6.06. The summed E-state index contributed by atoms with van der Waals surface area (Å²) in [4.78, 5) is 19.8. The molecule has 2 fully saturated rings. The molecule has 4 nitrogen and oxygen atoms in total. The van der Waals surface area contributed by atoms with E-state index in [4.69, 9.17) is 0 Å². The Labute approximate surface area is 136 Å². The lowest BCUT2D eigenvalue weighted by Gasteiger charge is -2.25. The molecule has 0 spiro atoms. The Hall–Kier alpha value is -1.94. The van der Waals surface area contributed by atoms with Gasteiger partial charge in [0.25, 0.3) is 5.91 Å². The van der Waals surface area contributed by atoms with Gasteiger partial charge in [0.15, 0.2) is 0 Å². The van der Waals surface area contributed by atoms with Gasteiger partial charge in [-0.05, 0) is 51.3 Å². The van der Waals surface area contributed by atoms with E-state index in [2.05, 4.69) is 29.4 Å². The molecule has 0 saturated carbocycles. The molecule has 0 aliphatic carbocycles. The number of pyridine rings is 1. The summed E-state index contributed by atoms with van der Waals surface area (Å²) in [6, 6.07) is 9.15. The van der Waals surface area contributed by atoms with Crippen molar-refractivity contribution in [3.8, 4) is 0 Å². The maximum Gasteiger partial charge on any atom is 0.254 e. The molecule has 2 bridgehead atoms. The topological polar surface area (TPSA) is 45.2 Å². The highest BCUT2D eigenvalue weighted by atomic mass is 16.2. The number of amides is 1. The first-order chi connectivity index (χ1) is 11.1. The SMILES string of the molecule is Cc1ccc2nc(C)cc(C(=O)N3CC[C@H]4CC[C@@H](C3)N4)c2c1. The molecule has 120 valence electrons. The third-order valence-electron chi connectivity index (χ3n) is 5.13. The fraction of sp³-hybridized carbons (Fsp3) is 0.474. The second-order valence-electron chi connectivity index (χ2n) is 7.01. The summed E-state index contributed by atoms with van der Waals surface area (Å²) in [6.45, 7) is 5.69. The Morgan fingerprint density at radius 3 is 2.87 bits per heavy atom. The molecule has 2 aliphatic heterocycles. The summed E-state index contributed by atoms with van der Waals surface area (Å²) < 4.78 is 0. The van der Waals surface area contributed by atoms with Crippen LogP contribution in [0.3, 0.4) is 0 Å². The summed E-state index contributed by atoms with van der Waals surface area (Å²) in [5.41, 5.74) is 3.77. The number of hydrogen-bond acceptors (Lipinski definition) is 3. The van der Waals surface area contributed by atoms with E-state index in [1.54, 1.807) is 0 Å². The number of fused-ring (bicyclic) bond motifs is 3. The van der Waals surface area contributed by atoms with E-state index in [1.165, 1.54) is 12.8 Å². The Morgan fingerprint density at radius 1 is 1.17 bits per heavy atom. The van der Waals surface area contributed by atoms with Crippen LogP contribution in [0, 0.1) is 13.8 Å². The van der Waals surface area contributed by atoms with E-state index >= 15 is 0 Å². The molecule has 0 unspecified atom stereocenters. The maximum absolute atomic E-state index is 13.2. The third-order valence-corrected chi connectivity index (χ3v) is 5.13. The summed E-state index contributed by atoms with van der Waals surface area (Å²) in [6.07, 6.45) is 3.50. The van der Waals surface area contributed by atoms with Crippen molar-refractivity contribution < 1.29 is 4.79 Å². The zero-order valence-electron chi connectivity index (χ0n) is 13.8. The van der Waals surface area contributed by atoms with Gasteiger partial charge in [0.2, 0.25) is 0 Å². The van der Waals surface area contributed by atoms with Crippen molar-refractivity contribution in [2.24, 2.45) is 0 Å². The van der Waals surface area contributed by atoms with Crippen molar-refractivity contribution in [1.29, 1.82) is 0 Å². The van der Waals surface area contributed by atoms with Crippen LogP contribution in [0.1, 0.15) is 40.9 Å². The number of rotatable bonds is 1. The molecular formula is C19H23N3O. The molecule has 4 heteroatoms. The van der Waals surface area contributed by atoms with Crippen molar-refractivity contribution in [1.82, 2.24) is 15.2 Å². The Balaban J connectivity index is 1.73. The predicted octanol–water partition coefficient (Wildman–Crippen LogP) is 2.82. The van der Waals surface area contributed by atoms with Crippen molar-refractivity contribution in [2.45, 2.75) is 45.2 Å². The maximum atomic E-state index is 13.2. The lowest BCUT2D eigenvalue weighted by atomic mass is 10.0. The number of hydrogen-bond donors (Lipinski definition) is 1. The monoisotopic (exact) mass is 309 g/mol. The van der Waals surface area contributed by atoms with E-state index in [0.29, 0.717) is 12.1 Å². The number of aromatic nitrogens is 1. The number of nitrogens with zero attached hydrogens (tertiary/aromatic N) is 2. The fourth-order valence-electron chi connectivity index (χ4n) is 3.95. The summed E-state index contributed by atoms with van der Waals surface area (Å²) >= 11 is 0. The molecular weight excluding hydrogens is 286 g/mol. The molecule has 1 N–H and O–H groups in total. The molecule has 1 amide bonds. The van der Waals surface area contributed by atoms with Gasteiger partial charge in [-0.3, -0.25) is 9.78 Å². The van der Waals surface area contributed by atoms with Crippen LogP contribution in [0.25, 0.3) is 10.9 Å². The average molecular weight is 309 g/mol. The first-order valence-electron chi connectivity index (χ1n) is 8.53. The predicted molar refractivity (Wildman–Crippen MR) is 91.7 cm³/mol. The molecule has 2 saturated heterocycles. The van der Waals surface area contributed by atoms with Gasteiger partial charge in [-0.25, -0.2) is 0 Å². The van der Waals surface area contributed by atoms with E-state index < -0.39 is 0 Å². The normalized spacial score (nSPS) is 24.0. The molecule has 1 aromatic carbocycles. The number of carbonyl (C=O) groups is 1. The largest absolute Gasteiger partial charge is 0.337 e. The number of benzene rings is 1. The Kier molecular flexibility index (Phi) is 3.57. The van der Waals surface area contributed by atoms with Gasteiger partial charge in [0, 0.05) is 36.3 Å². The fourth-order valence-corrected chi connectivity index (χ4v) is 3.95. The molecule has 1 aromatic heterocycles. The third kappa shape index (κ3) is 2.72. The number of nitrogens with one attached hydrogen (secondary N) is 1. The van der Waals surface area contributed by atoms with Crippen LogP contribution in [0.2, 0.25) is 0 Å². The van der Waals surface area contributed by atoms with Crippen LogP contribution in [0.15, 0.2) is 24.3 Å². The van der Waals surface area contributed by atoms with Gasteiger partial charge >= 0.3 is 0 Å². The number of aryl methyl sites for hydroxylation is 2. The standard InChI is InChI=1S/C19H23N3O/c1-12-3-6-18-16(9-12)17(10-13(2)20-18)19(23)22-8-7-14-4-5-15(11-22)21-14/h3,6,9-10,14-15,21H,4-5,7-8,11H2,1-2H3/t14-,15+/m1/s1. The van der Waals surface area contributed by atoms with Crippen molar-refractivity contribution in [3.63, 3.8) is 0 Å². The Bertz CT molecular complexity index is 771. The van der Waals surface area contributed by atoms with Crippen molar-refractivity contribution in [2.75, 3.05) is 13.1 Å². The van der Waals surface area contributed by atoms with Gasteiger partial charge in [0.1, 0.15) is 0 Å². The highest BCUT2D eigenvalue weighted by Crippen LogP contribution is 2.25. The van der Waals surface area contributed by atoms with Crippen molar-refractivity contribution in [3.05, 3.63) is 41.1 Å². The second kappa shape index (κ2) is 5.60. The van der Waals surface area contributed by atoms with Crippen LogP contribution < -0.4 is 5.32 Å². The van der Waals surface area contributed by atoms with Crippen LogP contribution in [0.5, 0.6) is 0 Å². The zero-order chi connectivity index (χ0) is 16.0. The van der Waals surface area contributed by atoms with Gasteiger partial charge in [-0.1, -0.05) is 11.6 Å². The first-order valence-corrected chi connectivity index (χ1v) is 8.53. The summed E-state index contributed by atoms with van der Waals surface area (Å²) in [5, 5.41) is 4.62. The lowest BCUT2D eigenvalue weighted by molar-refractivity contribution is 0.0750. The number of carbonyl (C=O) groups excluding carboxylic acids is 1. The minimum Gasteiger partial charge on any atom is -0.337 e. The minimum absolute atomic E-state index is 0.153. The lowest BCUT2D eigenvalue weighted by Crippen LogP contribution is -2.39. The quantitative estimate of drug-likeness (QED) is 0.881. The molecule has 23 heavy (non-hydrogen) atoms. The highest BCUT2D eigenvalue weighted by Gasteiger charge is 2.31. The number of likely N-dealkylation sites (tertiary alicyclic amines) is 1. The smallest absolute Gasteiger partial charge is 0.254 e. The van der Waals surface area contributed by atoms with Gasteiger partial charge in [-0.15, -0.1) is 0 Å². The van der Waals surface area contributed by atoms with E-state index in [-0.39, 0.29) is 5.91 Å². The zero-order valence-corrected chi connectivity index (χ0v) is 13.8. The van der Waals surface area contributed by atoms with Gasteiger partial charge in [0.05, 0.1) is 11.1 Å². The molecule has 2 aliphatic rings. The van der Waals surface area contributed by atoms with Crippen LogP contribution in [-0.2, 0) is 0 Å². The molecule has 3 heterocycles. The summed E-state index contributed by atoms with van der Waals surface area (Å²) in [7, 11) is 0. The van der Waals surface area contributed by atoms with Crippen molar-refractivity contribution >= 4 is 16.8 Å². The van der Waals surface area contributed by atoms with Crippen LogP contribution in [-0.4, -0.2) is 41.0 Å². The van der Waals surface area contributed by atoms with Gasteiger partial charge < -0.3 is 10.2 Å². The minimum atomic E-state index is 0.153.